The van der Waals surface area contributed by atoms with Gasteiger partial charge in [-0.25, -0.2) is 0 Å². The van der Waals surface area contributed by atoms with Crippen molar-refractivity contribution in [3.63, 3.8) is 0 Å². The number of nitro benzene ring substituents is 3. The molecule has 0 unspecified atom stereocenters. The average molecular weight is 296 g/mol. The average Bonchev–Trinajstić information content (AvgIpc) is 2.34. The molecule has 0 saturated carbocycles. The maximum Gasteiger partial charge on any atom is 0.309 e. The molecule has 0 bridgehead atoms. The van der Waals surface area contributed by atoms with Crippen molar-refractivity contribution in [1.82, 2.24) is 0 Å². The van der Waals surface area contributed by atoms with Crippen molar-refractivity contribution in [2.24, 2.45) is 0 Å². The summed E-state index contributed by atoms with van der Waals surface area (Å²) < 4.78 is 0. The van der Waals surface area contributed by atoms with Crippen LogP contribution < -0.4 is 5.32 Å². The summed E-state index contributed by atoms with van der Waals surface area (Å²) in [6, 6.07) is 0. The molecule has 0 atom stereocenters. The summed E-state index contributed by atoms with van der Waals surface area (Å²) in [5, 5.41) is 35.9. The van der Waals surface area contributed by atoms with Crippen molar-refractivity contribution in [3.05, 3.63) is 54.1 Å². The van der Waals surface area contributed by atoms with Crippen LogP contribution >= 0.6 is 0 Å². The van der Waals surface area contributed by atoms with Gasteiger partial charge in [-0.3, -0.25) is 30.3 Å². The highest BCUT2D eigenvalue weighted by Gasteiger charge is 2.38. The molecule has 1 aromatic carbocycles. The van der Waals surface area contributed by atoms with Crippen LogP contribution in [0.15, 0.2) is 12.7 Å². The van der Waals surface area contributed by atoms with Gasteiger partial charge < -0.3 is 5.32 Å². The molecule has 0 aliphatic heterocycles. The van der Waals surface area contributed by atoms with Crippen LogP contribution in [0.2, 0.25) is 0 Å². The molecule has 0 aromatic heterocycles. The monoisotopic (exact) mass is 296 g/mol. The van der Waals surface area contributed by atoms with Gasteiger partial charge in [0, 0.05) is 6.54 Å². The number of hydrogen-bond donors (Lipinski definition) is 1. The highest BCUT2D eigenvalue weighted by atomic mass is 16.6. The van der Waals surface area contributed by atoms with E-state index in [1.165, 1.54) is 19.9 Å². The largest absolute Gasteiger partial charge is 0.370 e. The van der Waals surface area contributed by atoms with E-state index in [9.17, 15) is 30.3 Å². The van der Waals surface area contributed by atoms with E-state index in [0.717, 1.165) is 0 Å². The van der Waals surface area contributed by atoms with Gasteiger partial charge in [0.1, 0.15) is 11.1 Å². The van der Waals surface area contributed by atoms with Crippen LogP contribution in [-0.4, -0.2) is 21.3 Å². The highest BCUT2D eigenvalue weighted by molar-refractivity contribution is 5.83. The predicted octanol–water partition coefficient (Wildman–Crippen LogP) is 2.63. The number of nitrogens with zero attached hydrogens (tertiary/aromatic N) is 3. The molecular weight excluding hydrogens is 284 g/mol. The van der Waals surface area contributed by atoms with Crippen LogP contribution in [-0.2, 0) is 0 Å². The quantitative estimate of drug-likeness (QED) is 0.483. The molecule has 1 N–H and O–H groups in total. The Morgan fingerprint density at radius 1 is 0.952 bits per heavy atom. The van der Waals surface area contributed by atoms with E-state index < -0.39 is 31.8 Å². The minimum absolute atomic E-state index is 0.0401. The Morgan fingerprint density at radius 2 is 1.33 bits per heavy atom. The molecule has 10 nitrogen and oxygen atoms in total. The first-order valence-corrected chi connectivity index (χ1v) is 5.69. The van der Waals surface area contributed by atoms with Gasteiger partial charge in [0.25, 0.3) is 5.69 Å². The van der Waals surface area contributed by atoms with Crippen molar-refractivity contribution >= 4 is 22.7 Å². The molecule has 0 radical (unpaired) electrons. The van der Waals surface area contributed by atoms with Gasteiger partial charge in [-0.05, 0) is 13.8 Å². The minimum Gasteiger partial charge on any atom is -0.370 e. The van der Waals surface area contributed by atoms with E-state index in [2.05, 4.69) is 11.9 Å². The first-order valence-electron chi connectivity index (χ1n) is 5.69. The summed E-state index contributed by atoms with van der Waals surface area (Å²) in [7, 11) is 0. The zero-order valence-electron chi connectivity index (χ0n) is 11.3. The Bertz CT molecular complexity index is 614. The topological polar surface area (TPSA) is 141 Å². The molecule has 0 amide bonds. The van der Waals surface area contributed by atoms with E-state index in [1.807, 2.05) is 0 Å². The summed E-state index contributed by atoms with van der Waals surface area (Å²) in [6.45, 7) is 5.82. The minimum atomic E-state index is -0.875. The van der Waals surface area contributed by atoms with Crippen LogP contribution in [0.25, 0.3) is 0 Å². The fourth-order valence-electron chi connectivity index (χ4n) is 2.06. The lowest BCUT2D eigenvalue weighted by Crippen LogP contribution is -2.10. The third kappa shape index (κ3) is 2.78. The van der Waals surface area contributed by atoms with Crippen LogP contribution in [0.4, 0.5) is 22.7 Å². The second-order valence-electron chi connectivity index (χ2n) is 4.11. The third-order valence-electron chi connectivity index (χ3n) is 2.87. The Morgan fingerprint density at radius 3 is 1.62 bits per heavy atom. The van der Waals surface area contributed by atoms with E-state index in [4.69, 9.17) is 0 Å². The molecule has 1 rings (SSSR count). The van der Waals surface area contributed by atoms with Crippen molar-refractivity contribution in [3.8, 4) is 0 Å². The van der Waals surface area contributed by atoms with E-state index >= 15 is 0 Å². The first kappa shape index (κ1) is 16.0. The van der Waals surface area contributed by atoms with Crippen molar-refractivity contribution in [2.45, 2.75) is 13.8 Å². The smallest absolute Gasteiger partial charge is 0.309 e. The van der Waals surface area contributed by atoms with Gasteiger partial charge in [0.15, 0.2) is 5.69 Å². The van der Waals surface area contributed by atoms with Crippen LogP contribution in [0, 0.1) is 44.2 Å². The molecular formula is C11H12N4O6. The van der Waals surface area contributed by atoms with Crippen LogP contribution in [0.5, 0.6) is 0 Å². The fraction of sp³-hybridized carbons (Fsp3) is 0.273. The zero-order valence-corrected chi connectivity index (χ0v) is 11.3. The van der Waals surface area contributed by atoms with Crippen molar-refractivity contribution in [2.75, 3.05) is 11.9 Å². The molecule has 10 heteroatoms. The summed E-state index contributed by atoms with van der Waals surface area (Å²) >= 11 is 0. The maximum atomic E-state index is 11.2. The molecule has 0 fully saturated rings. The molecule has 0 spiro atoms. The van der Waals surface area contributed by atoms with Gasteiger partial charge in [-0.2, -0.15) is 0 Å². The molecule has 112 valence electrons. The first-order chi connectivity index (χ1) is 9.73. The SMILES string of the molecule is C=CCNc1c([N+](=O)[O-])c(C)c([N+](=O)[O-])c(C)c1[N+](=O)[O-]. The standard InChI is InChI=1S/C11H12N4O6/c1-4-5-12-8-10(14(18)19)6(2)9(13(16)17)7(3)11(8)15(20)21/h4,12H,1,5H2,2-3H3. The van der Waals surface area contributed by atoms with Gasteiger partial charge >= 0.3 is 11.4 Å². The Labute approximate surface area is 118 Å². The summed E-state index contributed by atoms with van der Waals surface area (Å²) in [6.07, 6.45) is 1.36. The van der Waals surface area contributed by atoms with Crippen LogP contribution in [0.3, 0.4) is 0 Å². The lowest BCUT2D eigenvalue weighted by Gasteiger charge is -2.10. The van der Waals surface area contributed by atoms with Crippen LogP contribution in [0.1, 0.15) is 11.1 Å². The number of hydrogen-bond acceptors (Lipinski definition) is 7. The van der Waals surface area contributed by atoms with Crippen molar-refractivity contribution in [1.29, 1.82) is 0 Å². The molecule has 0 saturated heterocycles. The van der Waals surface area contributed by atoms with Gasteiger partial charge in [0.05, 0.1) is 14.8 Å². The Balaban J connectivity index is 3.90. The number of nitrogens with one attached hydrogen (secondary N) is 1. The predicted molar refractivity (Wildman–Crippen MR) is 74.6 cm³/mol. The second kappa shape index (κ2) is 5.94. The Hall–Kier alpha value is -3.04. The number of benzene rings is 1. The zero-order chi connectivity index (χ0) is 16.3. The van der Waals surface area contributed by atoms with Crippen molar-refractivity contribution < 1.29 is 14.8 Å². The van der Waals surface area contributed by atoms with Gasteiger partial charge in [0.2, 0.25) is 0 Å². The summed E-state index contributed by atoms with van der Waals surface area (Å²) in [4.78, 5) is 30.8. The summed E-state index contributed by atoms with van der Waals surface area (Å²) in [5.41, 5.74) is -2.82. The number of rotatable bonds is 6. The molecule has 0 heterocycles. The second-order valence-corrected chi connectivity index (χ2v) is 4.11. The lowest BCUT2D eigenvalue weighted by molar-refractivity contribution is -0.403. The maximum absolute atomic E-state index is 11.2. The molecule has 1 aromatic rings. The normalized spacial score (nSPS) is 10.0. The number of nitro groups is 3. The molecule has 0 aliphatic carbocycles. The van der Waals surface area contributed by atoms with Gasteiger partial charge in [-0.15, -0.1) is 6.58 Å². The molecule has 0 aliphatic rings. The summed E-state index contributed by atoms with van der Waals surface area (Å²) in [5.74, 6) is 0. The van der Waals surface area contributed by atoms with E-state index in [0.29, 0.717) is 0 Å². The third-order valence-corrected chi connectivity index (χ3v) is 2.87. The molecule has 21 heavy (non-hydrogen) atoms. The lowest BCUT2D eigenvalue weighted by atomic mass is 10.0. The number of anilines is 1. The Kier molecular flexibility index (Phi) is 4.53. The van der Waals surface area contributed by atoms with Gasteiger partial charge in [-0.1, -0.05) is 6.08 Å². The highest BCUT2D eigenvalue weighted by Crippen LogP contribution is 2.45. The fourth-order valence-corrected chi connectivity index (χ4v) is 2.06. The van der Waals surface area contributed by atoms with E-state index in [1.54, 1.807) is 0 Å². The van der Waals surface area contributed by atoms with E-state index in [-0.39, 0.29) is 23.4 Å².